The second kappa shape index (κ2) is 14.4. The van der Waals surface area contributed by atoms with E-state index in [1.807, 2.05) is 48.5 Å². The van der Waals surface area contributed by atoms with E-state index < -0.39 is 35.1 Å². The van der Waals surface area contributed by atoms with E-state index in [0.29, 0.717) is 29.9 Å². The number of carboxylic acids is 1. The van der Waals surface area contributed by atoms with Gasteiger partial charge in [0.15, 0.2) is 0 Å². The SMILES string of the molecule is COc1ccc(CC(Cc2ccc(OC)cc2)N2C(=O)C(C(C)OC(=O)OCc3ccc([N+](=O)[O-])cc3)C2CC(=O)O)cc1. The number of nitro groups is 1. The summed E-state index contributed by atoms with van der Waals surface area (Å²) in [7, 11) is 3.15. The van der Waals surface area contributed by atoms with Crippen LogP contribution in [-0.4, -0.2) is 65.4 Å². The highest BCUT2D eigenvalue weighted by Gasteiger charge is 2.54. The van der Waals surface area contributed by atoms with Crippen molar-refractivity contribution in [1.29, 1.82) is 0 Å². The summed E-state index contributed by atoms with van der Waals surface area (Å²) in [5, 5.41) is 20.6. The number of carbonyl (C=O) groups excluding carboxylic acids is 2. The van der Waals surface area contributed by atoms with Gasteiger partial charge < -0.3 is 29.0 Å². The molecule has 0 saturated carbocycles. The normalized spacial score (nSPS) is 16.5. The maximum atomic E-state index is 13.7. The highest BCUT2D eigenvalue weighted by molar-refractivity contribution is 5.89. The summed E-state index contributed by atoms with van der Waals surface area (Å²) >= 11 is 0. The fourth-order valence-corrected chi connectivity index (χ4v) is 5.41. The number of β-lactam (4-membered cyclic amide) rings is 1. The Kier molecular flexibility index (Phi) is 10.4. The van der Waals surface area contributed by atoms with Gasteiger partial charge in [-0.25, -0.2) is 4.79 Å². The summed E-state index contributed by atoms with van der Waals surface area (Å²) in [5.74, 6) is -0.907. The molecule has 4 rings (SSSR count). The number of methoxy groups -OCH3 is 2. The molecule has 1 aliphatic rings. The molecule has 1 amide bonds. The van der Waals surface area contributed by atoms with Crippen LogP contribution in [0.1, 0.15) is 30.0 Å². The van der Waals surface area contributed by atoms with Crippen LogP contribution in [0.3, 0.4) is 0 Å². The number of hydrogen-bond acceptors (Lipinski definition) is 9. The van der Waals surface area contributed by atoms with Crippen LogP contribution in [0.15, 0.2) is 72.8 Å². The third-order valence-corrected chi connectivity index (χ3v) is 7.64. The summed E-state index contributed by atoms with van der Waals surface area (Å²) < 4.78 is 21.1. The summed E-state index contributed by atoms with van der Waals surface area (Å²) in [6.45, 7) is 1.34. The molecular formula is C32H34N2O10. The average molecular weight is 607 g/mol. The molecule has 3 aromatic rings. The second-order valence-electron chi connectivity index (χ2n) is 10.5. The number of nitrogens with zero attached hydrogens (tertiary/aromatic N) is 2. The topological polar surface area (TPSA) is 155 Å². The van der Waals surface area contributed by atoms with Crippen LogP contribution in [0.25, 0.3) is 0 Å². The van der Waals surface area contributed by atoms with Gasteiger partial charge in [-0.2, -0.15) is 0 Å². The van der Waals surface area contributed by atoms with E-state index in [4.69, 9.17) is 18.9 Å². The monoisotopic (exact) mass is 606 g/mol. The smallest absolute Gasteiger partial charge is 0.497 e. The van der Waals surface area contributed by atoms with E-state index in [9.17, 15) is 29.6 Å². The van der Waals surface area contributed by atoms with Gasteiger partial charge in [0.05, 0.1) is 37.5 Å². The molecule has 0 aliphatic carbocycles. The minimum atomic E-state index is -1.09. The zero-order valence-electron chi connectivity index (χ0n) is 24.6. The zero-order valence-corrected chi connectivity index (χ0v) is 24.6. The van der Waals surface area contributed by atoms with E-state index in [-0.39, 0.29) is 30.7 Å². The van der Waals surface area contributed by atoms with Crippen LogP contribution >= 0.6 is 0 Å². The molecule has 1 fully saturated rings. The lowest BCUT2D eigenvalue weighted by Crippen LogP contribution is -2.68. The molecule has 0 bridgehead atoms. The lowest BCUT2D eigenvalue weighted by atomic mass is 9.78. The number of aliphatic carboxylic acids is 1. The first-order valence-electron chi connectivity index (χ1n) is 14.0. The molecule has 0 spiro atoms. The van der Waals surface area contributed by atoms with Crippen molar-refractivity contribution < 1.29 is 43.4 Å². The number of amides is 1. The third kappa shape index (κ3) is 7.82. The molecule has 12 heteroatoms. The van der Waals surface area contributed by atoms with E-state index in [1.54, 1.807) is 19.1 Å². The molecular weight excluding hydrogens is 572 g/mol. The van der Waals surface area contributed by atoms with Crippen molar-refractivity contribution in [1.82, 2.24) is 4.90 Å². The Morgan fingerprint density at radius 1 is 0.886 bits per heavy atom. The van der Waals surface area contributed by atoms with Crippen molar-refractivity contribution in [2.24, 2.45) is 5.92 Å². The van der Waals surface area contributed by atoms with Crippen molar-refractivity contribution >= 4 is 23.7 Å². The van der Waals surface area contributed by atoms with Crippen LogP contribution in [0.2, 0.25) is 0 Å². The maximum absolute atomic E-state index is 13.7. The molecule has 232 valence electrons. The van der Waals surface area contributed by atoms with Gasteiger partial charge in [-0.3, -0.25) is 19.7 Å². The number of likely N-dealkylation sites (tertiary alicyclic amines) is 1. The predicted octanol–water partition coefficient (Wildman–Crippen LogP) is 4.81. The molecule has 1 aliphatic heterocycles. The first kappa shape index (κ1) is 31.8. The summed E-state index contributed by atoms with van der Waals surface area (Å²) in [5.41, 5.74) is 2.29. The van der Waals surface area contributed by atoms with Crippen molar-refractivity contribution in [3.63, 3.8) is 0 Å². The molecule has 1 saturated heterocycles. The van der Waals surface area contributed by atoms with Gasteiger partial charge >= 0.3 is 12.1 Å². The van der Waals surface area contributed by atoms with Gasteiger partial charge in [-0.15, -0.1) is 0 Å². The number of hydrogen-bond donors (Lipinski definition) is 1. The molecule has 0 radical (unpaired) electrons. The highest BCUT2D eigenvalue weighted by Crippen LogP contribution is 2.37. The number of carboxylic acid groups (broad SMARTS) is 1. The predicted molar refractivity (Wildman–Crippen MR) is 157 cm³/mol. The van der Waals surface area contributed by atoms with E-state index in [2.05, 4.69) is 0 Å². The van der Waals surface area contributed by atoms with E-state index in [0.717, 1.165) is 11.1 Å². The maximum Gasteiger partial charge on any atom is 0.508 e. The molecule has 3 atom stereocenters. The Morgan fingerprint density at radius 2 is 1.39 bits per heavy atom. The Hall–Kier alpha value is -5.13. The van der Waals surface area contributed by atoms with Crippen molar-refractivity contribution in [2.45, 2.75) is 51.0 Å². The van der Waals surface area contributed by atoms with Crippen LogP contribution in [0.4, 0.5) is 10.5 Å². The number of nitro benzene ring substituents is 1. The Morgan fingerprint density at radius 3 is 1.84 bits per heavy atom. The van der Waals surface area contributed by atoms with E-state index >= 15 is 0 Å². The second-order valence-corrected chi connectivity index (χ2v) is 10.5. The quantitative estimate of drug-likeness (QED) is 0.117. The van der Waals surface area contributed by atoms with Crippen LogP contribution in [0, 0.1) is 16.0 Å². The van der Waals surface area contributed by atoms with Gasteiger partial charge in [0, 0.05) is 18.2 Å². The Balaban J connectivity index is 1.48. The molecule has 1 N–H and O–H groups in total. The molecule has 1 heterocycles. The molecule has 12 nitrogen and oxygen atoms in total. The fraction of sp³-hybridized carbons (Fsp3) is 0.344. The van der Waals surface area contributed by atoms with Crippen LogP contribution < -0.4 is 9.47 Å². The fourth-order valence-electron chi connectivity index (χ4n) is 5.41. The van der Waals surface area contributed by atoms with Crippen LogP contribution in [0.5, 0.6) is 11.5 Å². The first-order valence-corrected chi connectivity index (χ1v) is 14.0. The zero-order chi connectivity index (χ0) is 31.8. The standard InChI is InChI=1S/C32H34N2O10/c1-20(44-32(38)43-19-23-4-10-24(11-5-23)34(39)40)30-28(18-29(35)36)33(31(30)37)25(16-21-6-12-26(41-2)13-7-21)17-22-8-14-27(42-3)15-9-22/h4-15,20,25,28,30H,16-19H2,1-3H3,(H,35,36). The molecule has 3 unspecified atom stereocenters. The lowest BCUT2D eigenvalue weighted by Gasteiger charge is -2.52. The van der Waals surface area contributed by atoms with Crippen molar-refractivity contribution in [2.75, 3.05) is 14.2 Å². The molecule has 3 aromatic carbocycles. The molecule has 44 heavy (non-hydrogen) atoms. The van der Waals surface area contributed by atoms with Gasteiger partial charge in [-0.05, 0) is 72.9 Å². The van der Waals surface area contributed by atoms with Crippen molar-refractivity contribution in [3.05, 3.63) is 99.6 Å². The largest absolute Gasteiger partial charge is 0.508 e. The van der Waals surface area contributed by atoms with Gasteiger partial charge in [0.1, 0.15) is 24.2 Å². The number of non-ortho nitro benzene ring substituents is 1. The number of ether oxygens (including phenoxy) is 4. The minimum Gasteiger partial charge on any atom is -0.497 e. The van der Waals surface area contributed by atoms with Gasteiger partial charge in [0.25, 0.3) is 5.69 Å². The lowest BCUT2D eigenvalue weighted by molar-refractivity contribution is -0.384. The first-order chi connectivity index (χ1) is 21.1. The Bertz CT molecular complexity index is 1410. The third-order valence-electron chi connectivity index (χ3n) is 7.64. The number of carbonyl (C=O) groups is 3. The van der Waals surface area contributed by atoms with Crippen molar-refractivity contribution in [3.8, 4) is 11.5 Å². The summed E-state index contributed by atoms with van der Waals surface area (Å²) in [6.07, 6.45) is -1.42. The Labute approximate surface area is 254 Å². The summed E-state index contributed by atoms with van der Waals surface area (Å²) in [4.78, 5) is 49.9. The number of benzene rings is 3. The average Bonchev–Trinajstić information content (AvgIpc) is 3.00. The number of rotatable bonds is 14. The highest BCUT2D eigenvalue weighted by atomic mass is 16.7. The van der Waals surface area contributed by atoms with E-state index in [1.165, 1.54) is 31.2 Å². The van der Waals surface area contributed by atoms with Gasteiger partial charge in [0.2, 0.25) is 5.91 Å². The van der Waals surface area contributed by atoms with Gasteiger partial charge in [-0.1, -0.05) is 24.3 Å². The minimum absolute atomic E-state index is 0.0974. The molecule has 0 aromatic heterocycles. The summed E-state index contributed by atoms with van der Waals surface area (Å²) in [6, 6.07) is 19.3. The van der Waals surface area contributed by atoms with Crippen LogP contribution in [-0.2, 0) is 38.5 Å².